The summed E-state index contributed by atoms with van der Waals surface area (Å²) in [5.41, 5.74) is 1.28. The number of rotatable bonds is 5. The quantitative estimate of drug-likeness (QED) is 0.910. The molecule has 0 aliphatic heterocycles. The van der Waals surface area contributed by atoms with E-state index in [4.69, 9.17) is 0 Å². The van der Waals surface area contributed by atoms with Crippen LogP contribution in [-0.4, -0.2) is 32.1 Å². The van der Waals surface area contributed by atoms with Crippen LogP contribution in [0.4, 0.5) is 10.8 Å². The van der Waals surface area contributed by atoms with Crippen molar-refractivity contribution in [1.82, 2.24) is 4.98 Å². The molecule has 1 heterocycles. The lowest BCUT2D eigenvalue weighted by Crippen LogP contribution is -2.37. The van der Waals surface area contributed by atoms with Crippen molar-refractivity contribution in [3.8, 4) is 0 Å². The van der Waals surface area contributed by atoms with Crippen LogP contribution in [0, 0.1) is 6.92 Å². The number of nitrogens with one attached hydrogen (secondary N) is 1. The van der Waals surface area contributed by atoms with Crippen LogP contribution in [0.2, 0.25) is 0 Å². The van der Waals surface area contributed by atoms with Gasteiger partial charge in [0.15, 0.2) is 5.13 Å². The highest BCUT2D eigenvalue weighted by molar-refractivity contribution is 7.92. The smallest absolute Gasteiger partial charge is 0.246 e. The molecule has 0 saturated carbocycles. The van der Waals surface area contributed by atoms with Crippen LogP contribution in [0.15, 0.2) is 35.8 Å². The van der Waals surface area contributed by atoms with Gasteiger partial charge in [0.1, 0.15) is 6.54 Å². The van der Waals surface area contributed by atoms with Crippen LogP contribution >= 0.6 is 11.3 Å². The number of thiazole rings is 1. The molecular formula is C13H15N3O3S2. The standard InChI is InChI=1S/C13H15N3O3S2/c1-10-5-3-4-6-11(10)16(21(2,18)19)9-12(17)15-13-14-7-8-20-13/h3-8H,9H2,1-2H3,(H,14,15,17). The molecule has 0 aliphatic carbocycles. The average Bonchev–Trinajstić information content (AvgIpc) is 2.88. The van der Waals surface area contributed by atoms with Gasteiger partial charge < -0.3 is 5.32 Å². The first kappa shape index (κ1) is 15.5. The Bertz CT molecular complexity index is 727. The van der Waals surface area contributed by atoms with Crippen LogP contribution < -0.4 is 9.62 Å². The molecule has 0 radical (unpaired) electrons. The van der Waals surface area contributed by atoms with Gasteiger partial charge >= 0.3 is 0 Å². The first-order valence-electron chi connectivity index (χ1n) is 6.10. The molecule has 8 heteroatoms. The second-order valence-electron chi connectivity index (χ2n) is 4.44. The van der Waals surface area contributed by atoms with Crippen LogP contribution in [0.1, 0.15) is 5.56 Å². The maximum absolute atomic E-state index is 12.0. The number of hydrogen-bond donors (Lipinski definition) is 1. The summed E-state index contributed by atoms with van der Waals surface area (Å²) in [7, 11) is -3.56. The Labute approximate surface area is 127 Å². The number of hydrogen-bond acceptors (Lipinski definition) is 5. The van der Waals surface area contributed by atoms with Gasteiger partial charge in [-0.15, -0.1) is 11.3 Å². The minimum Gasteiger partial charge on any atom is -0.300 e. The predicted octanol–water partition coefficient (Wildman–Crippen LogP) is 1.86. The lowest BCUT2D eigenvalue weighted by atomic mass is 10.2. The Morgan fingerprint density at radius 1 is 1.38 bits per heavy atom. The van der Waals surface area contributed by atoms with Crippen LogP contribution in [0.5, 0.6) is 0 Å². The number of aromatic nitrogens is 1. The Balaban J connectivity index is 2.22. The maximum atomic E-state index is 12.0. The number of amides is 1. The highest BCUT2D eigenvalue weighted by Gasteiger charge is 2.22. The van der Waals surface area contributed by atoms with Crippen molar-refractivity contribution in [2.24, 2.45) is 0 Å². The van der Waals surface area contributed by atoms with Gasteiger partial charge in [-0.25, -0.2) is 13.4 Å². The first-order valence-corrected chi connectivity index (χ1v) is 8.83. The molecule has 1 N–H and O–H groups in total. The minimum atomic E-state index is -3.56. The summed E-state index contributed by atoms with van der Waals surface area (Å²) >= 11 is 1.27. The molecule has 1 aromatic carbocycles. The van der Waals surface area contributed by atoms with E-state index in [1.165, 1.54) is 11.3 Å². The molecule has 1 amide bonds. The average molecular weight is 325 g/mol. The molecule has 2 aromatic rings. The van der Waals surface area contributed by atoms with Crippen molar-refractivity contribution in [3.05, 3.63) is 41.4 Å². The van der Waals surface area contributed by atoms with Crippen molar-refractivity contribution >= 4 is 38.1 Å². The number of benzene rings is 1. The van der Waals surface area contributed by atoms with E-state index in [0.29, 0.717) is 10.8 Å². The van der Waals surface area contributed by atoms with Crippen LogP contribution in [0.25, 0.3) is 0 Å². The second kappa shape index (κ2) is 6.23. The number of para-hydroxylation sites is 1. The van der Waals surface area contributed by atoms with Crippen molar-refractivity contribution < 1.29 is 13.2 Å². The predicted molar refractivity (Wildman–Crippen MR) is 84.1 cm³/mol. The van der Waals surface area contributed by atoms with Crippen LogP contribution in [0.3, 0.4) is 0 Å². The summed E-state index contributed by atoms with van der Waals surface area (Å²) in [5.74, 6) is -0.432. The number of anilines is 2. The zero-order chi connectivity index (χ0) is 15.5. The third-order valence-corrected chi connectivity index (χ3v) is 4.57. The van der Waals surface area contributed by atoms with Gasteiger partial charge in [0.2, 0.25) is 15.9 Å². The summed E-state index contributed by atoms with van der Waals surface area (Å²) in [5, 5.41) is 4.75. The number of nitrogens with zero attached hydrogens (tertiary/aromatic N) is 2. The summed E-state index contributed by atoms with van der Waals surface area (Å²) in [6.07, 6.45) is 2.64. The van der Waals surface area contributed by atoms with Crippen molar-refractivity contribution in [1.29, 1.82) is 0 Å². The zero-order valence-corrected chi connectivity index (χ0v) is 13.2. The number of carbonyl (C=O) groups is 1. The Kier molecular flexibility index (Phi) is 4.59. The van der Waals surface area contributed by atoms with Gasteiger partial charge in [0.05, 0.1) is 11.9 Å². The highest BCUT2D eigenvalue weighted by Crippen LogP contribution is 2.22. The largest absolute Gasteiger partial charge is 0.300 e. The summed E-state index contributed by atoms with van der Waals surface area (Å²) < 4.78 is 25.0. The first-order chi connectivity index (χ1) is 9.88. The summed E-state index contributed by atoms with van der Waals surface area (Å²) in [6, 6.07) is 7.02. The van der Waals surface area contributed by atoms with E-state index in [9.17, 15) is 13.2 Å². The Hall–Kier alpha value is -1.93. The molecule has 0 unspecified atom stereocenters. The van der Waals surface area contributed by atoms with E-state index in [1.54, 1.807) is 36.7 Å². The molecular weight excluding hydrogens is 310 g/mol. The number of sulfonamides is 1. The normalized spacial score (nSPS) is 11.1. The third kappa shape index (κ3) is 4.02. The molecule has 112 valence electrons. The van der Waals surface area contributed by atoms with Crippen molar-refractivity contribution in [3.63, 3.8) is 0 Å². The fourth-order valence-corrected chi connectivity index (χ4v) is 3.26. The fraction of sp³-hybridized carbons (Fsp3) is 0.231. The maximum Gasteiger partial charge on any atom is 0.246 e. The summed E-state index contributed by atoms with van der Waals surface area (Å²) in [6.45, 7) is 1.51. The number of carbonyl (C=O) groups excluding carboxylic acids is 1. The summed E-state index contributed by atoms with van der Waals surface area (Å²) in [4.78, 5) is 15.9. The van der Waals surface area contributed by atoms with E-state index in [2.05, 4.69) is 10.3 Å². The topological polar surface area (TPSA) is 79.4 Å². The Morgan fingerprint density at radius 2 is 2.10 bits per heavy atom. The lowest BCUT2D eigenvalue weighted by Gasteiger charge is -2.23. The van der Waals surface area contributed by atoms with E-state index in [0.717, 1.165) is 16.1 Å². The van der Waals surface area contributed by atoms with Gasteiger partial charge in [0.25, 0.3) is 0 Å². The van der Waals surface area contributed by atoms with Gasteiger partial charge in [-0.3, -0.25) is 9.10 Å². The second-order valence-corrected chi connectivity index (χ2v) is 7.24. The minimum absolute atomic E-state index is 0.288. The SMILES string of the molecule is Cc1ccccc1N(CC(=O)Nc1nccs1)S(C)(=O)=O. The molecule has 0 aliphatic rings. The highest BCUT2D eigenvalue weighted by atomic mass is 32.2. The van der Waals surface area contributed by atoms with E-state index in [1.807, 2.05) is 6.07 Å². The van der Waals surface area contributed by atoms with Crippen LogP contribution in [-0.2, 0) is 14.8 Å². The molecule has 0 bridgehead atoms. The molecule has 0 saturated heterocycles. The van der Waals surface area contributed by atoms with E-state index < -0.39 is 15.9 Å². The van der Waals surface area contributed by atoms with Gasteiger partial charge in [-0.2, -0.15) is 0 Å². The molecule has 6 nitrogen and oxygen atoms in total. The van der Waals surface area contributed by atoms with E-state index in [-0.39, 0.29) is 6.54 Å². The van der Waals surface area contributed by atoms with Gasteiger partial charge in [0, 0.05) is 11.6 Å². The Morgan fingerprint density at radius 3 is 2.67 bits per heavy atom. The molecule has 0 atom stereocenters. The molecule has 1 aromatic heterocycles. The monoisotopic (exact) mass is 325 g/mol. The third-order valence-electron chi connectivity index (χ3n) is 2.75. The van der Waals surface area contributed by atoms with Gasteiger partial charge in [-0.1, -0.05) is 18.2 Å². The molecule has 21 heavy (non-hydrogen) atoms. The molecule has 2 rings (SSSR count). The fourth-order valence-electron chi connectivity index (χ4n) is 1.80. The zero-order valence-electron chi connectivity index (χ0n) is 11.6. The van der Waals surface area contributed by atoms with Crippen molar-refractivity contribution in [2.75, 3.05) is 22.4 Å². The lowest BCUT2D eigenvalue weighted by molar-refractivity contribution is -0.114. The van der Waals surface area contributed by atoms with Crippen molar-refractivity contribution in [2.45, 2.75) is 6.92 Å². The molecule has 0 spiro atoms. The van der Waals surface area contributed by atoms with E-state index >= 15 is 0 Å². The molecule has 0 fully saturated rings. The number of aryl methyl sites for hydroxylation is 1. The van der Waals surface area contributed by atoms with Gasteiger partial charge in [-0.05, 0) is 18.6 Å².